The van der Waals surface area contributed by atoms with Crippen LogP contribution in [0.2, 0.25) is 0 Å². The van der Waals surface area contributed by atoms with Crippen molar-refractivity contribution in [3.8, 4) is 0 Å². The second-order valence-electron chi connectivity index (χ2n) is 6.55. The Labute approximate surface area is 162 Å². The minimum atomic E-state index is -3.61. The molecule has 0 aliphatic carbocycles. The van der Waals surface area contributed by atoms with Crippen molar-refractivity contribution in [1.82, 2.24) is 8.87 Å². The number of hydrogen-bond acceptors (Lipinski definition) is 5. The molecule has 0 fully saturated rings. The SMILES string of the molecule is Cc1ccc(S(=O)(=O)N(C)C)cc1NC(=O)CCn1c(=O)oc2ccccc21. The minimum Gasteiger partial charge on any atom is -0.408 e. The van der Waals surface area contributed by atoms with Gasteiger partial charge in [-0.1, -0.05) is 18.2 Å². The molecule has 8 nitrogen and oxygen atoms in total. The number of nitrogens with zero attached hydrogens (tertiary/aromatic N) is 2. The Morgan fingerprint density at radius 1 is 1.18 bits per heavy atom. The maximum Gasteiger partial charge on any atom is 0.419 e. The van der Waals surface area contributed by atoms with Crippen molar-refractivity contribution in [2.24, 2.45) is 0 Å². The van der Waals surface area contributed by atoms with E-state index in [-0.39, 0.29) is 23.8 Å². The van der Waals surface area contributed by atoms with Crippen LogP contribution in [-0.4, -0.2) is 37.3 Å². The number of anilines is 1. The van der Waals surface area contributed by atoms with Gasteiger partial charge >= 0.3 is 5.76 Å². The molecule has 0 atom stereocenters. The number of amides is 1. The molecule has 0 radical (unpaired) electrons. The first-order valence-electron chi connectivity index (χ1n) is 8.61. The van der Waals surface area contributed by atoms with Crippen molar-refractivity contribution in [2.75, 3.05) is 19.4 Å². The quantitative estimate of drug-likeness (QED) is 0.680. The molecule has 0 unspecified atom stereocenters. The van der Waals surface area contributed by atoms with E-state index in [1.54, 1.807) is 37.3 Å². The van der Waals surface area contributed by atoms with Crippen LogP contribution in [0.1, 0.15) is 12.0 Å². The van der Waals surface area contributed by atoms with Crippen LogP contribution < -0.4 is 11.1 Å². The summed E-state index contributed by atoms with van der Waals surface area (Å²) in [6, 6.07) is 11.6. The second kappa shape index (κ2) is 7.61. The molecule has 1 N–H and O–H groups in total. The highest BCUT2D eigenvalue weighted by atomic mass is 32.2. The number of para-hydroxylation sites is 2. The van der Waals surface area contributed by atoms with Crippen molar-refractivity contribution >= 4 is 32.7 Å². The van der Waals surface area contributed by atoms with Crippen LogP contribution in [0.4, 0.5) is 5.69 Å². The van der Waals surface area contributed by atoms with Gasteiger partial charge in [-0.25, -0.2) is 17.5 Å². The summed E-state index contributed by atoms with van der Waals surface area (Å²) < 4.78 is 32.2. The number of hydrogen-bond donors (Lipinski definition) is 1. The highest BCUT2D eigenvalue weighted by molar-refractivity contribution is 7.89. The molecule has 2 aromatic carbocycles. The van der Waals surface area contributed by atoms with Crippen LogP contribution in [0.15, 0.2) is 56.6 Å². The molecule has 0 aliphatic rings. The first-order chi connectivity index (χ1) is 13.2. The Morgan fingerprint density at radius 3 is 2.61 bits per heavy atom. The maximum absolute atomic E-state index is 12.4. The highest BCUT2D eigenvalue weighted by Gasteiger charge is 2.19. The lowest BCUT2D eigenvalue weighted by Gasteiger charge is -2.14. The summed E-state index contributed by atoms with van der Waals surface area (Å²) in [7, 11) is -0.716. The molecule has 0 saturated heterocycles. The topological polar surface area (TPSA) is 102 Å². The molecule has 1 aromatic heterocycles. The lowest BCUT2D eigenvalue weighted by molar-refractivity contribution is -0.116. The van der Waals surface area contributed by atoms with Gasteiger partial charge in [-0.2, -0.15) is 0 Å². The number of carbonyl (C=O) groups is 1. The van der Waals surface area contributed by atoms with E-state index in [4.69, 9.17) is 4.42 Å². The van der Waals surface area contributed by atoms with Crippen molar-refractivity contribution in [3.05, 3.63) is 58.6 Å². The van der Waals surface area contributed by atoms with Crippen LogP contribution >= 0.6 is 0 Å². The maximum atomic E-state index is 12.4. The van der Waals surface area contributed by atoms with E-state index in [1.165, 1.54) is 30.8 Å². The Bertz CT molecular complexity index is 1190. The van der Waals surface area contributed by atoms with Gasteiger partial charge in [-0.3, -0.25) is 9.36 Å². The molecule has 1 amide bonds. The normalized spacial score (nSPS) is 11.9. The monoisotopic (exact) mass is 403 g/mol. The summed E-state index contributed by atoms with van der Waals surface area (Å²) in [5, 5.41) is 2.72. The molecule has 28 heavy (non-hydrogen) atoms. The largest absolute Gasteiger partial charge is 0.419 e. The number of oxazole rings is 1. The molecule has 0 aliphatic heterocycles. The lowest BCUT2D eigenvalue weighted by atomic mass is 10.2. The van der Waals surface area contributed by atoms with Gasteiger partial charge in [0.15, 0.2) is 5.58 Å². The van der Waals surface area contributed by atoms with Crippen LogP contribution in [-0.2, 0) is 21.4 Å². The molecule has 0 bridgehead atoms. The number of benzene rings is 2. The van der Waals surface area contributed by atoms with Crippen molar-refractivity contribution < 1.29 is 17.6 Å². The molecule has 3 aromatic rings. The van der Waals surface area contributed by atoms with Gasteiger partial charge in [-0.15, -0.1) is 0 Å². The van der Waals surface area contributed by atoms with Gasteiger partial charge in [0.2, 0.25) is 15.9 Å². The molecule has 0 saturated carbocycles. The van der Waals surface area contributed by atoms with Gasteiger partial charge in [0.05, 0.1) is 10.4 Å². The fourth-order valence-corrected chi connectivity index (χ4v) is 3.69. The molecular weight excluding hydrogens is 382 g/mol. The predicted molar refractivity (Wildman–Crippen MR) is 106 cm³/mol. The van der Waals surface area contributed by atoms with E-state index < -0.39 is 15.8 Å². The van der Waals surface area contributed by atoms with Crippen LogP contribution in [0.3, 0.4) is 0 Å². The summed E-state index contributed by atoms with van der Waals surface area (Å²) >= 11 is 0. The van der Waals surface area contributed by atoms with E-state index >= 15 is 0 Å². The lowest BCUT2D eigenvalue weighted by Crippen LogP contribution is -2.23. The van der Waals surface area contributed by atoms with E-state index in [1.807, 2.05) is 0 Å². The molecule has 148 valence electrons. The van der Waals surface area contributed by atoms with Crippen molar-refractivity contribution in [3.63, 3.8) is 0 Å². The molecule has 3 rings (SSSR count). The third-order valence-electron chi connectivity index (χ3n) is 4.40. The Balaban J connectivity index is 1.76. The number of aryl methyl sites for hydroxylation is 2. The van der Waals surface area contributed by atoms with E-state index in [9.17, 15) is 18.0 Å². The van der Waals surface area contributed by atoms with Gasteiger partial charge < -0.3 is 9.73 Å². The predicted octanol–water partition coefficient (Wildman–Crippen LogP) is 2.18. The zero-order chi connectivity index (χ0) is 20.5. The van der Waals surface area contributed by atoms with Gasteiger partial charge in [0.1, 0.15) is 0 Å². The first kappa shape index (κ1) is 19.8. The number of nitrogens with one attached hydrogen (secondary N) is 1. The van der Waals surface area contributed by atoms with Crippen molar-refractivity contribution in [2.45, 2.75) is 24.8 Å². The van der Waals surface area contributed by atoms with Gasteiger partial charge in [-0.05, 0) is 36.8 Å². The first-order valence-corrected chi connectivity index (χ1v) is 10.1. The van der Waals surface area contributed by atoms with Gasteiger partial charge in [0.25, 0.3) is 0 Å². The summed E-state index contributed by atoms with van der Waals surface area (Å²) in [5.41, 5.74) is 2.23. The second-order valence-corrected chi connectivity index (χ2v) is 8.70. The Morgan fingerprint density at radius 2 is 1.89 bits per heavy atom. The van der Waals surface area contributed by atoms with E-state index in [2.05, 4.69) is 5.32 Å². The molecule has 0 spiro atoms. The smallest absolute Gasteiger partial charge is 0.408 e. The zero-order valence-electron chi connectivity index (χ0n) is 15.8. The number of carbonyl (C=O) groups excluding carboxylic acids is 1. The molecular formula is C19H21N3O5S. The number of sulfonamides is 1. The molecule has 9 heteroatoms. The van der Waals surface area contributed by atoms with Crippen LogP contribution in [0, 0.1) is 6.92 Å². The Kier molecular flexibility index (Phi) is 5.39. The van der Waals surface area contributed by atoms with Crippen LogP contribution in [0.25, 0.3) is 11.1 Å². The third kappa shape index (κ3) is 3.85. The highest BCUT2D eigenvalue weighted by Crippen LogP contribution is 2.22. The summed E-state index contributed by atoms with van der Waals surface area (Å²) in [4.78, 5) is 24.5. The molecule has 1 heterocycles. The standard InChI is InChI=1S/C19H21N3O5S/c1-13-8-9-14(28(25,26)21(2)3)12-15(13)20-18(23)10-11-22-16-6-4-5-7-17(16)27-19(22)24/h4-9,12H,10-11H2,1-3H3,(H,20,23). The summed E-state index contributed by atoms with van der Waals surface area (Å²) in [6.07, 6.45) is 0.0353. The fourth-order valence-electron chi connectivity index (χ4n) is 2.76. The van der Waals surface area contributed by atoms with Gasteiger partial charge in [0, 0.05) is 32.7 Å². The van der Waals surface area contributed by atoms with Crippen LogP contribution in [0.5, 0.6) is 0 Å². The number of aromatic nitrogens is 1. The van der Waals surface area contributed by atoms with Crippen molar-refractivity contribution in [1.29, 1.82) is 0 Å². The average Bonchev–Trinajstić information content (AvgIpc) is 2.96. The number of fused-ring (bicyclic) bond motifs is 1. The van der Waals surface area contributed by atoms with E-state index in [0.717, 1.165) is 9.87 Å². The zero-order valence-corrected chi connectivity index (χ0v) is 16.6. The number of rotatable bonds is 6. The average molecular weight is 403 g/mol. The Hall–Kier alpha value is -2.91. The summed E-state index contributed by atoms with van der Waals surface area (Å²) in [6.45, 7) is 1.92. The third-order valence-corrected chi connectivity index (χ3v) is 6.21. The van der Waals surface area contributed by atoms with E-state index in [0.29, 0.717) is 16.8 Å². The summed E-state index contributed by atoms with van der Waals surface area (Å²) in [5.74, 6) is -0.857. The fraction of sp³-hybridized carbons (Fsp3) is 0.263. The minimum absolute atomic E-state index is 0.0353.